The molecule has 4 N–H and O–H groups in total. The monoisotopic (exact) mass is 850 g/mol. The largest absolute Gasteiger partial charge is 0.480 e. The number of carbonyl (C=O) groups excluding carboxylic acids is 1. The van der Waals surface area contributed by atoms with Crippen molar-refractivity contribution in [1.29, 1.82) is 0 Å². The van der Waals surface area contributed by atoms with Gasteiger partial charge in [0.2, 0.25) is 0 Å². The van der Waals surface area contributed by atoms with Crippen LogP contribution in [-0.4, -0.2) is 60.5 Å². The van der Waals surface area contributed by atoms with Crippen LogP contribution < -0.4 is 5.73 Å². The Bertz CT molecular complexity index is 1210. The van der Waals surface area contributed by atoms with E-state index in [-0.39, 0.29) is 13.0 Å². The van der Waals surface area contributed by atoms with Crippen LogP contribution in [0.4, 0.5) is 0 Å². The van der Waals surface area contributed by atoms with Crippen LogP contribution in [0.15, 0.2) is 72.9 Å². The Morgan fingerprint density at radius 1 is 0.559 bits per heavy atom. The van der Waals surface area contributed by atoms with E-state index in [0.29, 0.717) is 13.0 Å². The second-order valence-corrected chi connectivity index (χ2v) is 16.6. The van der Waals surface area contributed by atoms with Crippen molar-refractivity contribution in [3.05, 3.63) is 72.9 Å². The quantitative estimate of drug-likeness (QED) is 0.0234. The number of allylic oxidation sites excluding steroid dienone is 12. The molecular weight excluding hydrogens is 765 g/mol. The number of hydrogen-bond acceptors (Lipinski definition) is 8. The van der Waals surface area contributed by atoms with Crippen molar-refractivity contribution in [2.45, 2.75) is 193 Å². The summed E-state index contributed by atoms with van der Waals surface area (Å²) in [5, 5.41) is 8.91. The van der Waals surface area contributed by atoms with Crippen molar-refractivity contribution in [2.75, 3.05) is 26.4 Å². The van der Waals surface area contributed by atoms with E-state index < -0.39 is 45.1 Å². The first kappa shape index (κ1) is 56.4. The number of nitrogens with two attached hydrogens (primary N) is 1. The lowest BCUT2D eigenvalue weighted by atomic mass is 10.1. The second kappa shape index (κ2) is 43.5. The van der Waals surface area contributed by atoms with Crippen LogP contribution in [0.1, 0.15) is 181 Å². The van der Waals surface area contributed by atoms with E-state index in [1.54, 1.807) is 0 Å². The molecule has 0 bridgehead atoms. The standard InChI is InChI=1S/C48H84NO9P/c1-3-5-7-9-11-13-15-17-19-21-22-23-24-25-26-28-30-32-34-36-38-40-47(50)58-45(43-56-59(53,54)57-44-46(49)48(51)52)42-55-41-39-37-35-33-31-29-27-20-18-16-14-12-10-8-6-4-2/h6,8,12,14-15,17-18,20-22,29,31,45-46H,3-5,7,9-11,13,16,19,23-28,30,32-44,49H2,1-2H3,(H,51,52)(H,53,54)/b8-6-,14-12-,17-15-,20-18-,22-21-,31-29-. The molecule has 3 unspecified atom stereocenters. The van der Waals surface area contributed by atoms with Crippen LogP contribution in [-0.2, 0) is 32.7 Å². The molecule has 0 heterocycles. The first-order valence-electron chi connectivity index (χ1n) is 23.0. The number of rotatable bonds is 43. The molecule has 0 radical (unpaired) electrons. The van der Waals surface area contributed by atoms with Crippen molar-refractivity contribution in [3.8, 4) is 0 Å². The number of esters is 1. The van der Waals surface area contributed by atoms with Gasteiger partial charge in [-0.05, 0) is 83.5 Å². The highest BCUT2D eigenvalue weighted by molar-refractivity contribution is 7.47. The molecule has 0 saturated heterocycles. The van der Waals surface area contributed by atoms with Crippen LogP contribution in [0.5, 0.6) is 0 Å². The number of carboxylic acid groups (broad SMARTS) is 1. The number of phosphoric acid groups is 1. The molecule has 0 aliphatic carbocycles. The SMILES string of the molecule is CC/C=C\C/C=C\C/C=C\C/C=C\CCCCCOCC(COP(=O)(O)OCC(N)C(=O)O)OC(=O)CCCCCCCCCCC/C=C\C/C=C\CCCCCCC. The van der Waals surface area contributed by atoms with E-state index in [4.69, 9.17) is 29.4 Å². The Labute approximate surface area is 359 Å². The molecule has 0 aliphatic heterocycles. The average Bonchev–Trinajstić information content (AvgIpc) is 3.21. The molecule has 0 spiro atoms. The summed E-state index contributed by atoms with van der Waals surface area (Å²) in [6, 6.07) is -1.48. The van der Waals surface area contributed by atoms with Gasteiger partial charge >= 0.3 is 19.8 Å². The van der Waals surface area contributed by atoms with Gasteiger partial charge in [-0.3, -0.25) is 18.6 Å². The van der Waals surface area contributed by atoms with Crippen LogP contribution in [0.2, 0.25) is 0 Å². The highest BCUT2D eigenvalue weighted by Crippen LogP contribution is 2.43. The van der Waals surface area contributed by atoms with Crippen LogP contribution in [0.3, 0.4) is 0 Å². The highest BCUT2D eigenvalue weighted by Gasteiger charge is 2.27. The summed E-state index contributed by atoms with van der Waals surface area (Å²) < 4.78 is 33.4. The molecule has 59 heavy (non-hydrogen) atoms. The molecule has 0 aromatic rings. The molecule has 11 heteroatoms. The maximum absolute atomic E-state index is 12.7. The van der Waals surface area contributed by atoms with E-state index in [0.717, 1.165) is 83.5 Å². The third kappa shape index (κ3) is 43.3. The van der Waals surface area contributed by atoms with Gasteiger partial charge in [-0.2, -0.15) is 0 Å². The number of ether oxygens (including phenoxy) is 2. The predicted molar refractivity (Wildman–Crippen MR) is 244 cm³/mol. The summed E-state index contributed by atoms with van der Waals surface area (Å²) >= 11 is 0. The average molecular weight is 850 g/mol. The minimum Gasteiger partial charge on any atom is -0.480 e. The lowest BCUT2D eigenvalue weighted by molar-refractivity contribution is -0.154. The molecule has 0 aromatic carbocycles. The molecule has 3 atom stereocenters. The summed E-state index contributed by atoms with van der Waals surface area (Å²) in [4.78, 5) is 33.6. The maximum Gasteiger partial charge on any atom is 0.472 e. The Morgan fingerprint density at radius 3 is 1.47 bits per heavy atom. The van der Waals surface area contributed by atoms with Crippen molar-refractivity contribution < 1.29 is 42.7 Å². The van der Waals surface area contributed by atoms with Crippen molar-refractivity contribution >= 4 is 19.8 Å². The molecule has 0 aliphatic rings. The zero-order chi connectivity index (χ0) is 43.3. The number of phosphoric ester groups is 1. The molecule has 0 fully saturated rings. The fraction of sp³-hybridized carbons (Fsp3) is 0.708. The summed E-state index contributed by atoms with van der Waals surface area (Å²) in [5.74, 6) is -1.80. The molecular formula is C48H84NO9P. The highest BCUT2D eigenvalue weighted by atomic mass is 31.2. The van der Waals surface area contributed by atoms with Gasteiger partial charge in [0.1, 0.15) is 12.1 Å². The molecule has 10 nitrogen and oxygen atoms in total. The second-order valence-electron chi connectivity index (χ2n) is 15.1. The van der Waals surface area contributed by atoms with Crippen LogP contribution in [0, 0.1) is 0 Å². The molecule has 0 aromatic heterocycles. The Morgan fingerprint density at radius 2 is 0.983 bits per heavy atom. The zero-order valence-electron chi connectivity index (χ0n) is 37.1. The minimum absolute atomic E-state index is 0.00974. The fourth-order valence-corrected chi connectivity index (χ4v) is 6.70. The predicted octanol–water partition coefficient (Wildman–Crippen LogP) is 13.0. The number of carbonyl (C=O) groups is 2. The van der Waals surface area contributed by atoms with E-state index in [2.05, 4.69) is 86.8 Å². The molecule has 0 amide bonds. The Hall–Kier alpha value is -2.59. The van der Waals surface area contributed by atoms with Gasteiger partial charge < -0.3 is 25.2 Å². The summed E-state index contributed by atoms with van der Waals surface area (Å²) in [6.07, 6.45) is 53.8. The fourth-order valence-electron chi connectivity index (χ4n) is 5.92. The van der Waals surface area contributed by atoms with Gasteiger partial charge in [0.05, 0.1) is 19.8 Å². The number of hydrogen-bond donors (Lipinski definition) is 3. The van der Waals surface area contributed by atoms with Gasteiger partial charge in [-0.25, -0.2) is 4.57 Å². The third-order valence-corrected chi connectivity index (χ3v) is 10.4. The third-order valence-electron chi connectivity index (χ3n) is 9.47. The Kier molecular flexibility index (Phi) is 41.6. The lowest BCUT2D eigenvalue weighted by Crippen LogP contribution is -2.34. The Balaban J connectivity index is 4.26. The number of carboxylic acids is 1. The van der Waals surface area contributed by atoms with Gasteiger partial charge in [0, 0.05) is 13.0 Å². The van der Waals surface area contributed by atoms with Crippen molar-refractivity contribution in [3.63, 3.8) is 0 Å². The van der Waals surface area contributed by atoms with E-state index >= 15 is 0 Å². The molecule has 340 valence electrons. The summed E-state index contributed by atoms with van der Waals surface area (Å²) in [5.41, 5.74) is 5.36. The van der Waals surface area contributed by atoms with Crippen LogP contribution in [0.25, 0.3) is 0 Å². The zero-order valence-corrected chi connectivity index (χ0v) is 38.0. The van der Waals surface area contributed by atoms with Crippen molar-refractivity contribution in [2.24, 2.45) is 5.73 Å². The topological polar surface area (TPSA) is 155 Å². The van der Waals surface area contributed by atoms with Crippen LogP contribution >= 0.6 is 7.82 Å². The van der Waals surface area contributed by atoms with Gasteiger partial charge in [0.25, 0.3) is 0 Å². The van der Waals surface area contributed by atoms with Gasteiger partial charge in [-0.15, -0.1) is 0 Å². The van der Waals surface area contributed by atoms with E-state index in [1.807, 2.05) is 0 Å². The number of unbranched alkanes of at least 4 members (excludes halogenated alkanes) is 17. The summed E-state index contributed by atoms with van der Waals surface area (Å²) in [6.45, 7) is 3.67. The smallest absolute Gasteiger partial charge is 0.472 e. The number of aliphatic carboxylic acids is 1. The van der Waals surface area contributed by atoms with Gasteiger partial charge in [0.15, 0.2) is 0 Å². The lowest BCUT2D eigenvalue weighted by Gasteiger charge is -2.20. The molecule has 0 saturated carbocycles. The first-order valence-corrected chi connectivity index (χ1v) is 24.5. The molecule has 0 rings (SSSR count). The van der Waals surface area contributed by atoms with E-state index in [1.165, 1.54) is 70.6 Å². The normalized spacial score (nSPS) is 14.5. The summed E-state index contributed by atoms with van der Waals surface area (Å²) in [7, 11) is -4.63. The van der Waals surface area contributed by atoms with Crippen molar-refractivity contribution in [1.82, 2.24) is 0 Å². The minimum atomic E-state index is -4.63. The first-order chi connectivity index (χ1) is 28.7. The van der Waals surface area contributed by atoms with Gasteiger partial charge in [-0.1, -0.05) is 164 Å². The van der Waals surface area contributed by atoms with E-state index in [9.17, 15) is 19.0 Å². The maximum atomic E-state index is 12.7.